The standard InChI is InChI=1S/C12H9N3O/c13-8-9-3-1-4-10(7-9)15-6-2-5-11(14)12(15)16/h1-7H,14H2. The van der Waals surface area contributed by atoms with Crippen molar-refractivity contribution in [2.75, 3.05) is 5.73 Å². The van der Waals surface area contributed by atoms with Crippen molar-refractivity contribution >= 4 is 5.69 Å². The molecule has 4 nitrogen and oxygen atoms in total. The molecule has 16 heavy (non-hydrogen) atoms. The number of anilines is 1. The number of pyridine rings is 1. The molecule has 1 heterocycles. The summed E-state index contributed by atoms with van der Waals surface area (Å²) in [5.74, 6) is 0. The van der Waals surface area contributed by atoms with Crippen LogP contribution in [-0.4, -0.2) is 4.57 Å². The number of benzene rings is 1. The van der Waals surface area contributed by atoms with E-state index in [4.69, 9.17) is 11.0 Å². The molecule has 78 valence electrons. The van der Waals surface area contributed by atoms with Gasteiger partial charge in [-0.2, -0.15) is 5.26 Å². The highest BCUT2D eigenvalue weighted by Gasteiger charge is 2.02. The van der Waals surface area contributed by atoms with Crippen LogP contribution in [0.2, 0.25) is 0 Å². The minimum Gasteiger partial charge on any atom is -0.394 e. The van der Waals surface area contributed by atoms with Gasteiger partial charge in [0.25, 0.3) is 5.56 Å². The van der Waals surface area contributed by atoms with Crippen LogP contribution in [-0.2, 0) is 0 Å². The zero-order valence-electron chi connectivity index (χ0n) is 8.42. The van der Waals surface area contributed by atoms with Gasteiger partial charge in [0.1, 0.15) is 0 Å². The van der Waals surface area contributed by atoms with E-state index in [1.165, 1.54) is 4.57 Å². The Bertz CT molecular complexity index is 623. The van der Waals surface area contributed by atoms with Crippen LogP contribution in [0, 0.1) is 11.3 Å². The van der Waals surface area contributed by atoms with Crippen LogP contribution in [0.15, 0.2) is 47.4 Å². The Morgan fingerprint density at radius 2 is 2.06 bits per heavy atom. The minimum atomic E-state index is -0.280. The number of nitrogens with two attached hydrogens (primary N) is 1. The molecule has 0 spiro atoms. The molecule has 2 aromatic rings. The van der Waals surface area contributed by atoms with Crippen LogP contribution in [0.1, 0.15) is 5.56 Å². The largest absolute Gasteiger partial charge is 0.394 e. The van der Waals surface area contributed by atoms with Gasteiger partial charge in [-0.1, -0.05) is 6.07 Å². The van der Waals surface area contributed by atoms with Gasteiger partial charge in [0.05, 0.1) is 17.3 Å². The Balaban J connectivity index is 2.64. The second-order valence-corrected chi connectivity index (χ2v) is 3.30. The first-order chi connectivity index (χ1) is 7.72. The summed E-state index contributed by atoms with van der Waals surface area (Å²) in [7, 11) is 0. The molecule has 0 unspecified atom stereocenters. The summed E-state index contributed by atoms with van der Waals surface area (Å²) >= 11 is 0. The van der Waals surface area contributed by atoms with Crippen LogP contribution in [0.5, 0.6) is 0 Å². The fraction of sp³-hybridized carbons (Fsp3) is 0. The predicted molar refractivity (Wildman–Crippen MR) is 61.2 cm³/mol. The monoisotopic (exact) mass is 211 g/mol. The highest BCUT2D eigenvalue weighted by Crippen LogP contribution is 2.08. The van der Waals surface area contributed by atoms with Crippen LogP contribution in [0.25, 0.3) is 5.69 Å². The summed E-state index contributed by atoms with van der Waals surface area (Å²) in [4.78, 5) is 11.7. The van der Waals surface area contributed by atoms with Crippen molar-refractivity contribution in [3.8, 4) is 11.8 Å². The van der Waals surface area contributed by atoms with E-state index in [2.05, 4.69) is 0 Å². The molecule has 1 aromatic heterocycles. The molecule has 0 bridgehead atoms. The van der Waals surface area contributed by atoms with E-state index >= 15 is 0 Å². The highest BCUT2D eigenvalue weighted by molar-refractivity contribution is 5.44. The number of hydrogen-bond acceptors (Lipinski definition) is 3. The van der Waals surface area contributed by atoms with Crippen LogP contribution in [0.3, 0.4) is 0 Å². The topological polar surface area (TPSA) is 71.8 Å². The second-order valence-electron chi connectivity index (χ2n) is 3.30. The van der Waals surface area contributed by atoms with E-state index in [1.54, 1.807) is 42.6 Å². The first-order valence-corrected chi connectivity index (χ1v) is 4.70. The lowest BCUT2D eigenvalue weighted by atomic mass is 10.2. The van der Waals surface area contributed by atoms with Crippen molar-refractivity contribution in [2.45, 2.75) is 0 Å². The zero-order valence-corrected chi connectivity index (χ0v) is 8.42. The number of rotatable bonds is 1. The normalized spacial score (nSPS) is 9.69. The molecule has 0 aliphatic rings. The molecule has 0 aliphatic carbocycles. The Kier molecular flexibility index (Phi) is 2.44. The molecule has 2 N–H and O–H groups in total. The summed E-state index contributed by atoms with van der Waals surface area (Å²) in [5, 5.41) is 8.77. The van der Waals surface area contributed by atoms with E-state index in [-0.39, 0.29) is 11.2 Å². The molecule has 1 aromatic carbocycles. The molecule has 0 saturated carbocycles. The first kappa shape index (κ1) is 9.99. The molecule has 0 saturated heterocycles. The lowest BCUT2D eigenvalue weighted by Gasteiger charge is -2.05. The van der Waals surface area contributed by atoms with Gasteiger partial charge >= 0.3 is 0 Å². The Hall–Kier alpha value is -2.54. The molecule has 0 atom stereocenters. The Morgan fingerprint density at radius 1 is 1.25 bits per heavy atom. The Labute approximate surface area is 92.2 Å². The van der Waals surface area contributed by atoms with Gasteiger partial charge in [0.2, 0.25) is 0 Å². The number of aromatic nitrogens is 1. The summed E-state index contributed by atoms with van der Waals surface area (Å²) in [5.41, 5.74) is 6.58. The second kappa shape index (κ2) is 3.91. The molecule has 0 radical (unpaired) electrons. The number of nitriles is 1. The van der Waals surface area contributed by atoms with Crippen LogP contribution >= 0.6 is 0 Å². The minimum absolute atomic E-state index is 0.185. The number of nitrogens with zero attached hydrogens (tertiary/aromatic N) is 2. The molecule has 0 aliphatic heterocycles. The quantitative estimate of drug-likeness (QED) is 0.772. The van der Waals surface area contributed by atoms with Crippen molar-refractivity contribution in [1.82, 2.24) is 4.57 Å². The van der Waals surface area contributed by atoms with Crippen LogP contribution in [0.4, 0.5) is 5.69 Å². The van der Waals surface area contributed by atoms with Gasteiger partial charge < -0.3 is 5.73 Å². The van der Waals surface area contributed by atoms with Gasteiger partial charge in [-0.15, -0.1) is 0 Å². The summed E-state index contributed by atoms with van der Waals surface area (Å²) in [6, 6.07) is 12.1. The first-order valence-electron chi connectivity index (χ1n) is 4.70. The van der Waals surface area contributed by atoms with E-state index in [0.29, 0.717) is 11.3 Å². The maximum absolute atomic E-state index is 11.7. The van der Waals surface area contributed by atoms with E-state index in [9.17, 15) is 4.79 Å². The van der Waals surface area contributed by atoms with E-state index in [1.807, 2.05) is 6.07 Å². The van der Waals surface area contributed by atoms with Crippen molar-refractivity contribution in [3.05, 3.63) is 58.5 Å². The van der Waals surface area contributed by atoms with Crippen molar-refractivity contribution in [2.24, 2.45) is 0 Å². The van der Waals surface area contributed by atoms with Crippen molar-refractivity contribution in [3.63, 3.8) is 0 Å². The molecular weight excluding hydrogens is 202 g/mol. The third-order valence-electron chi connectivity index (χ3n) is 2.23. The van der Waals surface area contributed by atoms with Crippen LogP contribution < -0.4 is 11.3 Å². The average Bonchev–Trinajstić information content (AvgIpc) is 2.33. The maximum atomic E-state index is 11.7. The smallest absolute Gasteiger partial charge is 0.278 e. The molecule has 2 rings (SSSR count). The molecule has 0 amide bonds. The third kappa shape index (κ3) is 1.66. The van der Waals surface area contributed by atoms with Crippen molar-refractivity contribution < 1.29 is 0 Å². The summed E-state index contributed by atoms with van der Waals surface area (Å²) < 4.78 is 1.41. The Morgan fingerprint density at radius 3 is 2.81 bits per heavy atom. The van der Waals surface area contributed by atoms with Gasteiger partial charge in [0, 0.05) is 11.9 Å². The van der Waals surface area contributed by atoms with E-state index < -0.39 is 0 Å². The van der Waals surface area contributed by atoms with Gasteiger partial charge in [-0.05, 0) is 30.3 Å². The van der Waals surface area contributed by atoms with Crippen molar-refractivity contribution in [1.29, 1.82) is 5.26 Å². The highest BCUT2D eigenvalue weighted by atomic mass is 16.1. The maximum Gasteiger partial charge on any atom is 0.278 e. The summed E-state index contributed by atoms with van der Waals surface area (Å²) in [6.45, 7) is 0. The fourth-order valence-corrected chi connectivity index (χ4v) is 1.44. The van der Waals surface area contributed by atoms with E-state index in [0.717, 1.165) is 0 Å². The van der Waals surface area contributed by atoms with Gasteiger partial charge in [-0.3, -0.25) is 9.36 Å². The summed E-state index contributed by atoms with van der Waals surface area (Å²) in [6.07, 6.45) is 1.62. The number of nitrogen functional groups attached to an aromatic ring is 1. The zero-order chi connectivity index (χ0) is 11.5. The molecular formula is C12H9N3O. The molecule has 4 heteroatoms. The van der Waals surface area contributed by atoms with Gasteiger partial charge in [-0.25, -0.2) is 0 Å². The SMILES string of the molecule is N#Cc1cccc(-n2cccc(N)c2=O)c1. The number of hydrogen-bond donors (Lipinski definition) is 1. The molecule has 0 fully saturated rings. The lowest BCUT2D eigenvalue weighted by molar-refractivity contribution is 0.994. The fourth-order valence-electron chi connectivity index (χ4n) is 1.44. The average molecular weight is 211 g/mol. The predicted octanol–water partition coefficient (Wildman–Crippen LogP) is 1.29. The third-order valence-corrected chi connectivity index (χ3v) is 2.23. The lowest BCUT2D eigenvalue weighted by Crippen LogP contribution is -2.20. The van der Waals surface area contributed by atoms with Gasteiger partial charge in [0.15, 0.2) is 0 Å².